The molecular weight excluding hydrogens is 564 g/mol. The molecule has 0 radical (unpaired) electrons. The molecule has 40 heavy (non-hydrogen) atoms. The van der Waals surface area contributed by atoms with Crippen molar-refractivity contribution in [2.24, 2.45) is 16.6 Å². The number of nitrogens with one attached hydrogen (secondary N) is 1. The number of rotatable bonds is 9. The minimum Gasteiger partial charge on any atom is -0.369 e. The molecule has 0 aliphatic carbocycles. The van der Waals surface area contributed by atoms with Crippen LogP contribution in [0.15, 0.2) is 41.5 Å². The van der Waals surface area contributed by atoms with Crippen molar-refractivity contribution in [3.63, 3.8) is 0 Å². The Balaban J connectivity index is 2.23. The molecule has 220 valence electrons. The molecule has 0 bridgehead atoms. The summed E-state index contributed by atoms with van der Waals surface area (Å²) in [6.07, 6.45) is 2.17. The lowest BCUT2D eigenvalue weighted by Crippen LogP contribution is -2.65. The van der Waals surface area contributed by atoms with Gasteiger partial charge in [0.25, 0.3) is 5.91 Å². The normalized spacial score (nSPS) is 24.2. The number of pyridine rings is 1. The van der Waals surface area contributed by atoms with Gasteiger partial charge in [-0.05, 0) is 62.9 Å². The number of guanidine groups is 1. The number of benzene rings is 1. The lowest BCUT2D eigenvalue weighted by molar-refractivity contribution is 0.102. The number of amides is 1. The maximum absolute atomic E-state index is 15.7. The standard InChI is InChI=1S/C26H35F2N5O5S2/c1-7-12-26(14-16(2)17(3)39(6,35)36)25(4,32-24(29)33(5)40(26,37)38)20-13-19(9-10-21(20)28)31-23(34)22-11-8-18(27)15-30-22/h8-11,13,15-17H,7,12,14H2,1-6H3,(H2,29,32)(H,31,34). The third kappa shape index (κ3) is 5.42. The third-order valence-electron chi connectivity index (χ3n) is 7.89. The topological polar surface area (TPSA) is 152 Å². The van der Waals surface area contributed by atoms with Crippen LogP contribution < -0.4 is 11.1 Å². The number of hydrogen-bond acceptors (Lipinski definition) is 8. The fourth-order valence-corrected chi connectivity index (χ4v) is 8.66. The molecule has 14 heteroatoms. The van der Waals surface area contributed by atoms with Gasteiger partial charge in [0.15, 0.2) is 0 Å². The Bertz CT molecular complexity index is 1530. The summed E-state index contributed by atoms with van der Waals surface area (Å²) in [6.45, 7) is 6.38. The molecule has 0 fully saturated rings. The van der Waals surface area contributed by atoms with E-state index in [0.717, 1.165) is 28.9 Å². The van der Waals surface area contributed by atoms with E-state index in [-0.39, 0.29) is 35.7 Å². The maximum Gasteiger partial charge on any atom is 0.274 e. The molecule has 1 aliphatic heterocycles. The molecular formula is C26H35F2N5O5S2. The minimum atomic E-state index is -4.32. The van der Waals surface area contributed by atoms with Crippen LogP contribution in [0.4, 0.5) is 14.5 Å². The molecule has 2 aromatic rings. The number of hydrogen-bond donors (Lipinski definition) is 2. The Morgan fingerprint density at radius 3 is 2.40 bits per heavy atom. The van der Waals surface area contributed by atoms with Gasteiger partial charge >= 0.3 is 0 Å². The largest absolute Gasteiger partial charge is 0.369 e. The van der Waals surface area contributed by atoms with E-state index in [1.165, 1.54) is 39.1 Å². The summed E-state index contributed by atoms with van der Waals surface area (Å²) in [5.41, 5.74) is 4.13. The van der Waals surface area contributed by atoms with E-state index < -0.39 is 58.9 Å². The summed E-state index contributed by atoms with van der Waals surface area (Å²) in [7, 11) is -6.60. The average molecular weight is 600 g/mol. The number of carbonyl (C=O) groups excluding carboxylic acids is 1. The van der Waals surface area contributed by atoms with Crippen LogP contribution in [-0.2, 0) is 25.4 Å². The van der Waals surface area contributed by atoms with Crippen molar-refractivity contribution in [1.29, 1.82) is 0 Å². The summed E-state index contributed by atoms with van der Waals surface area (Å²) in [4.78, 5) is 21.0. The number of sulfonamides is 1. The Morgan fingerprint density at radius 1 is 1.20 bits per heavy atom. The predicted molar refractivity (Wildman–Crippen MR) is 150 cm³/mol. The van der Waals surface area contributed by atoms with Gasteiger partial charge in [0.05, 0.1) is 11.4 Å². The Kier molecular flexibility index (Phi) is 8.66. The SMILES string of the molecule is CCCC1(CC(C)C(C)S(C)(=O)=O)C(C)(c2cc(NC(=O)c3ccc(F)cn3)ccc2F)N=C(N)N(C)S1(=O)=O. The van der Waals surface area contributed by atoms with Crippen molar-refractivity contribution >= 4 is 37.4 Å². The van der Waals surface area contributed by atoms with E-state index in [0.29, 0.717) is 6.42 Å². The van der Waals surface area contributed by atoms with E-state index in [1.807, 2.05) is 0 Å². The van der Waals surface area contributed by atoms with Crippen LogP contribution in [0.5, 0.6) is 0 Å². The highest BCUT2D eigenvalue weighted by Crippen LogP contribution is 2.53. The van der Waals surface area contributed by atoms with E-state index >= 15 is 4.39 Å². The molecule has 0 saturated carbocycles. The summed E-state index contributed by atoms with van der Waals surface area (Å²) in [5.74, 6) is -3.13. The number of halogens is 2. The lowest BCUT2D eigenvalue weighted by Gasteiger charge is -2.52. The van der Waals surface area contributed by atoms with Crippen molar-refractivity contribution in [1.82, 2.24) is 9.29 Å². The average Bonchev–Trinajstić information content (AvgIpc) is 2.87. The number of nitrogens with zero attached hydrogens (tertiary/aromatic N) is 3. The molecule has 0 spiro atoms. The van der Waals surface area contributed by atoms with Crippen LogP contribution >= 0.6 is 0 Å². The Morgan fingerprint density at radius 2 is 1.85 bits per heavy atom. The number of nitrogens with two attached hydrogens (primary N) is 1. The summed E-state index contributed by atoms with van der Waals surface area (Å²) in [5, 5.41) is 1.68. The fraction of sp³-hybridized carbons (Fsp3) is 0.500. The first-order valence-electron chi connectivity index (χ1n) is 12.7. The van der Waals surface area contributed by atoms with Gasteiger partial charge in [0.2, 0.25) is 16.0 Å². The Labute approximate surface area is 234 Å². The molecule has 4 atom stereocenters. The summed E-state index contributed by atoms with van der Waals surface area (Å²) >= 11 is 0. The second-order valence-corrected chi connectivity index (χ2v) is 15.2. The van der Waals surface area contributed by atoms with Crippen molar-refractivity contribution in [2.45, 2.75) is 62.5 Å². The molecule has 0 saturated heterocycles. The number of anilines is 1. The van der Waals surface area contributed by atoms with Crippen molar-refractivity contribution in [3.8, 4) is 0 Å². The van der Waals surface area contributed by atoms with Gasteiger partial charge in [0, 0.05) is 24.6 Å². The molecule has 1 aliphatic rings. The first-order valence-corrected chi connectivity index (χ1v) is 16.1. The molecule has 10 nitrogen and oxygen atoms in total. The predicted octanol–water partition coefficient (Wildman–Crippen LogP) is 3.42. The van der Waals surface area contributed by atoms with Crippen LogP contribution in [-0.4, -0.2) is 61.3 Å². The van der Waals surface area contributed by atoms with Crippen LogP contribution in [0.25, 0.3) is 0 Å². The van der Waals surface area contributed by atoms with E-state index in [4.69, 9.17) is 5.73 Å². The number of aromatic nitrogens is 1. The second kappa shape index (κ2) is 11.0. The first kappa shape index (κ1) is 31.4. The van der Waals surface area contributed by atoms with E-state index in [2.05, 4.69) is 15.3 Å². The summed E-state index contributed by atoms with van der Waals surface area (Å²) in [6, 6.07) is 5.89. The highest BCUT2D eigenvalue weighted by atomic mass is 32.2. The summed E-state index contributed by atoms with van der Waals surface area (Å²) < 4.78 is 81.1. The fourth-order valence-electron chi connectivity index (χ4n) is 5.32. The molecule has 3 N–H and O–H groups in total. The number of sulfone groups is 1. The van der Waals surface area contributed by atoms with E-state index in [9.17, 15) is 26.0 Å². The van der Waals surface area contributed by atoms with Crippen molar-refractivity contribution < 1.29 is 30.4 Å². The second-order valence-electron chi connectivity index (χ2n) is 10.5. The van der Waals surface area contributed by atoms with Crippen molar-refractivity contribution in [2.75, 3.05) is 18.6 Å². The zero-order valence-corrected chi connectivity index (χ0v) is 24.9. The van der Waals surface area contributed by atoms with Crippen LogP contribution in [0, 0.1) is 17.6 Å². The highest BCUT2D eigenvalue weighted by molar-refractivity contribution is 7.91. The molecule has 1 amide bonds. The first-order chi connectivity index (χ1) is 18.4. The lowest BCUT2D eigenvalue weighted by atomic mass is 9.72. The number of carbonyl (C=O) groups is 1. The van der Waals surface area contributed by atoms with E-state index in [1.54, 1.807) is 13.8 Å². The van der Waals surface area contributed by atoms with Crippen molar-refractivity contribution in [3.05, 3.63) is 59.4 Å². The van der Waals surface area contributed by atoms with Gasteiger partial charge in [-0.2, -0.15) is 0 Å². The van der Waals surface area contributed by atoms with Gasteiger partial charge in [0.1, 0.15) is 37.5 Å². The molecule has 4 unspecified atom stereocenters. The zero-order chi connectivity index (χ0) is 30.3. The monoisotopic (exact) mass is 599 g/mol. The minimum absolute atomic E-state index is 0.0172. The maximum atomic E-state index is 15.7. The van der Waals surface area contributed by atoms with Crippen LogP contribution in [0.2, 0.25) is 0 Å². The Hall–Kier alpha value is -3.13. The highest BCUT2D eigenvalue weighted by Gasteiger charge is 2.63. The van der Waals surface area contributed by atoms with Gasteiger partial charge in [-0.3, -0.25) is 4.79 Å². The van der Waals surface area contributed by atoms with Gasteiger partial charge in [-0.25, -0.2) is 39.9 Å². The number of aliphatic imine (C=N–C) groups is 1. The molecule has 1 aromatic heterocycles. The smallest absolute Gasteiger partial charge is 0.274 e. The van der Waals surface area contributed by atoms with Crippen LogP contribution in [0.3, 0.4) is 0 Å². The molecule has 1 aromatic carbocycles. The van der Waals surface area contributed by atoms with Gasteiger partial charge < -0.3 is 11.1 Å². The molecule has 2 heterocycles. The third-order valence-corrected chi connectivity index (χ3v) is 12.4. The quantitative estimate of drug-likeness (QED) is 0.448. The van der Waals surface area contributed by atoms with Crippen LogP contribution in [0.1, 0.15) is 63.0 Å². The van der Waals surface area contributed by atoms with Gasteiger partial charge in [-0.1, -0.05) is 20.3 Å². The zero-order valence-electron chi connectivity index (χ0n) is 23.3. The molecule has 3 rings (SSSR count). The van der Waals surface area contributed by atoms with Gasteiger partial charge in [-0.15, -0.1) is 0 Å².